The highest BCUT2D eigenvalue weighted by molar-refractivity contribution is 8.00. The maximum atomic E-state index is 14.0. The lowest BCUT2D eigenvalue weighted by atomic mass is 9.93. The minimum Gasteiger partial charge on any atom is -0.394 e. The molecule has 0 saturated carbocycles. The molecule has 3 amide bonds. The van der Waals surface area contributed by atoms with Crippen LogP contribution >= 0.6 is 11.8 Å². The van der Waals surface area contributed by atoms with Crippen LogP contribution in [0.1, 0.15) is 25.7 Å². The van der Waals surface area contributed by atoms with E-state index in [2.05, 4.69) is 16.0 Å². The fraction of sp³-hybridized carbons (Fsp3) is 0.966. The predicted molar refractivity (Wildman–Crippen MR) is 321 cm³/mol. The molecule has 0 aromatic carbocycles. The van der Waals surface area contributed by atoms with Crippen LogP contribution in [0.2, 0.25) is 0 Å². The average molecular weight is 1520 g/mol. The number of hydrogen-bond acceptors (Lipinski definition) is 42. The topological polar surface area (TPSA) is 683 Å². The minimum atomic E-state index is -2.29. The van der Waals surface area contributed by atoms with Gasteiger partial charge in [-0.1, -0.05) is 6.42 Å². The number of unbranched alkanes of at least 4 members (excludes halogenated alkanes) is 1. The van der Waals surface area contributed by atoms with Crippen molar-refractivity contribution in [3.05, 3.63) is 0 Å². The highest BCUT2D eigenvalue weighted by atomic mass is 32.2. The summed E-state index contributed by atoms with van der Waals surface area (Å²) in [6.07, 6.45) is -79.6. The largest absolute Gasteiger partial charge is 0.394 e. The van der Waals surface area contributed by atoms with Crippen molar-refractivity contribution in [2.75, 3.05) is 58.6 Å². The Morgan fingerprint density at radius 3 is 0.835 bits per heavy atom. The zero-order chi connectivity index (χ0) is 74.3. The number of urea groups is 1. The molecule has 45 heteroatoms. The number of rotatable bonds is 14. The third-order valence-corrected chi connectivity index (χ3v) is 21.8. The molecule has 32 rings (SSSR count). The van der Waals surface area contributed by atoms with Gasteiger partial charge in [-0.25, -0.2) is 4.79 Å². The molecule has 32 aliphatic rings. The van der Waals surface area contributed by atoms with E-state index in [4.69, 9.17) is 75.8 Å². The second-order valence-corrected chi connectivity index (χ2v) is 28.2. The third kappa shape index (κ3) is 16.8. The van der Waals surface area contributed by atoms with Crippen molar-refractivity contribution in [1.82, 2.24) is 16.0 Å². The van der Waals surface area contributed by atoms with E-state index < -0.39 is 304 Å². The van der Waals surface area contributed by atoms with E-state index in [1.807, 2.05) is 0 Å². The number of aliphatic hydroxyl groups excluding tert-OH is 23. The molecular formula is C58H95N3O41S. The van der Waals surface area contributed by atoms with Gasteiger partial charge in [-0.05, 0) is 12.8 Å². The number of aliphatic hydroxyl groups is 23. The average Bonchev–Trinajstić information content (AvgIpc) is 1.77. The summed E-state index contributed by atoms with van der Waals surface area (Å²) in [6.45, 7) is -8.78. The second kappa shape index (κ2) is 35.3. The summed E-state index contributed by atoms with van der Waals surface area (Å²) in [5.41, 5.74) is 0. The maximum absolute atomic E-state index is 14.0. The Kier molecular flexibility index (Phi) is 27.9. The lowest BCUT2D eigenvalue weighted by molar-refractivity contribution is -0.402. The summed E-state index contributed by atoms with van der Waals surface area (Å²) in [4.78, 5) is 26.1. The SMILES string of the molecule is O=C(CCCCC1SC[C@@H]2NC(=O)N[C@H]12)N[C@@H]1C(O)[C@H]2O[C@H]3[C@H](O)C(O)[C@@H](O[C@H]4[C@H](O)[C@@H](O)[C@@H](O[C@H]5[C@H](O)[C@@H](O)[C@@H](O[C@H]6[C@H](O)[C@@H](O)[C@@H](O[C@H]7[C@H](O)[C@@H](O)[C@@H](O[C@H]8[C@H](O)[C@@H](O)[C@@H](O[C@H]9[C@H](O)C(O)[C@@H](O[C@@H]1[C@@H](CO)O2)O[C@@H]9CO)O[C@@H]8CO)O[C@@H]7CO)O[C@@H]6CO)O[C@@H]5CO)O[C@@H]4CO)O[C@@H]3CO. The molecule has 32 fully saturated rings. The van der Waals surface area contributed by atoms with Crippen molar-refractivity contribution in [3.8, 4) is 0 Å². The van der Waals surface area contributed by atoms with E-state index in [9.17, 15) is 127 Å². The van der Waals surface area contributed by atoms with Crippen molar-refractivity contribution in [2.24, 2.45) is 0 Å². The number of hydrogen-bond donors (Lipinski definition) is 26. The molecule has 0 spiro atoms. The molecule has 44 nitrogen and oxygen atoms in total. The van der Waals surface area contributed by atoms with Crippen molar-refractivity contribution in [1.29, 1.82) is 0 Å². The van der Waals surface area contributed by atoms with E-state index in [0.29, 0.717) is 18.6 Å². The highest BCUT2D eigenvalue weighted by Gasteiger charge is 2.61. The van der Waals surface area contributed by atoms with Crippen molar-refractivity contribution in [2.45, 2.75) is 289 Å². The fourth-order valence-electron chi connectivity index (χ4n) is 14.6. The van der Waals surface area contributed by atoms with Gasteiger partial charge in [0, 0.05) is 17.4 Å². The van der Waals surface area contributed by atoms with Crippen LogP contribution in [0.5, 0.6) is 0 Å². The highest BCUT2D eigenvalue weighted by Crippen LogP contribution is 2.41. The first kappa shape index (κ1) is 81.5. The molecule has 103 heavy (non-hydrogen) atoms. The molecule has 594 valence electrons. The quantitative estimate of drug-likeness (QED) is 0.0567. The van der Waals surface area contributed by atoms with E-state index in [0.717, 1.165) is 0 Å². The van der Waals surface area contributed by atoms with Crippen LogP contribution in [0.15, 0.2) is 0 Å². The van der Waals surface area contributed by atoms with Crippen molar-refractivity contribution >= 4 is 23.7 Å². The van der Waals surface area contributed by atoms with Crippen LogP contribution in [0.3, 0.4) is 0 Å². The molecule has 16 bridgehead atoms. The van der Waals surface area contributed by atoms with Crippen LogP contribution in [0, 0.1) is 0 Å². The van der Waals surface area contributed by atoms with Gasteiger partial charge in [0.15, 0.2) is 50.3 Å². The smallest absolute Gasteiger partial charge is 0.315 e. The van der Waals surface area contributed by atoms with Crippen LogP contribution < -0.4 is 16.0 Å². The summed E-state index contributed by atoms with van der Waals surface area (Å²) in [5, 5.41) is 267. The molecule has 0 aliphatic carbocycles. The summed E-state index contributed by atoms with van der Waals surface area (Å²) in [5.74, 6) is -0.103. The summed E-state index contributed by atoms with van der Waals surface area (Å²) in [7, 11) is 0. The normalized spacial score (nSPS) is 52.3. The Morgan fingerprint density at radius 1 is 0.330 bits per heavy atom. The molecule has 43 atom stereocenters. The number of carbonyl (C=O) groups excluding carboxylic acids is 2. The first-order valence-electron chi connectivity index (χ1n) is 33.8. The molecular weight excluding hydrogens is 1430 g/mol. The van der Waals surface area contributed by atoms with E-state index in [-0.39, 0.29) is 36.2 Å². The minimum absolute atomic E-state index is 0.00972. The maximum Gasteiger partial charge on any atom is 0.315 e. The molecule has 0 aromatic heterocycles. The zero-order valence-corrected chi connectivity index (χ0v) is 55.4. The number of carbonyl (C=O) groups is 2. The monoisotopic (exact) mass is 1520 g/mol. The Hall–Kier alpha value is -2.47. The summed E-state index contributed by atoms with van der Waals surface area (Å²) in [6, 6.07) is -2.35. The van der Waals surface area contributed by atoms with Gasteiger partial charge in [-0.3, -0.25) is 4.79 Å². The van der Waals surface area contributed by atoms with Gasteiger partial charge >= 0.3 is 6.03 Å². The van der Waals surface area contributed by atoms with Gasteiger partial charge in [0.05, 0.1) is 71.0 Å². The number of thioether (sulfide) groups is 1. The van der Waals surface area contributed by atoms with Crippen molar-refractivity contribution in [3.63, 3.8) is 0 Å². The second-order valence-electron chi connectivity index (χ2n) is 26.9. The van der Waals surface area contributed by atoms with Crippen LogP contribution in [0.4, 0.5) is 4.79 Å². The molecule has 32 heterocycles. The van der Waals surface area contributed by atoms with Crippen molar-refractivity contribution < 1.29 is 203 Å². The van der Waals surface area contributed by atoms with Crippen LogP contribution in [-0.4, -0.2) is 451 Å². The van der Waals surface area contributed by atoms with Gasteiger partial charge < -0.3 is 209 Å². The molecule has 0 radical (unpaired) electrons. The molecule has 4 unspecified atom stereocenters. The zero-order valence-electron chi connectivity index (χ0n) is 54.6. The number of nitrogens with one attached hydrogen (secondary N) is 3. The first-order chi connectivity index (χ1) is 49.2. The van der Waals surface area contributed by atoms with Gasteiger partial charge in [-0.2, -0.15) is 11.8 Å². The molecule has 26 N–H and O–H groups in total. The Balaban J connectivity index is 0.860. The Labute approximate surface area is 588 Å². The van der Waals surface area contributed by atoms with E-state index in [1.165, 1.54) is 0 Å². The lowest BCUT2D eigenvalue weighted by Crippen LogP contribution is -2.70. The van der Waals surface area contributed by atoms with Gasteiger partial charge in [0.1, 0.15) is 189 Å². The summed E-state index contributed by atoms with van der Waals surface area (Å²) < 4.78 is 93.2. The Morgan fingerprint density at radius 2 is 0.573 bits per heavy atom. The first-order valence-corrected chi connectivity index (χ1v) is 34.8. The number of amides is 3. The predicted octanol–water partition coefficient (Wildman–Crippen LogP) is -16.6. The fourth-order valence-corrected chi connectivity index (χ4v) is 16.2. The summed E-state index contributed by atoms with van der Waals surface area (Å²) >= 11 is 1.63. The number of ether oxygens (including phenoxy) is 16. The number of fused-ring (bicyclic) bond motifs is 1. The van der Waals surface area contributed by atoms with E-state index in [1.54, 1.807) is 11.8 Å². The van der Waals surface area contributed by atoms with Gasteiger partial charge in [0.2, 0.25) is 5.91 Å². The van der Waals surface area contributed by atoms with Gasteiger partial charge in [-0.15, -0.1) is 0 Å². The molecule has 32 aliphatic heterocycles. The Bertz CT molecular complexity index is 2690. The van der Waals surface area contributed by atoms with Crippen LogP contribution in [-0.2, 0) is 80.6 Å². The third-order valence-electron chi connectivity index (χ3n) is 20.3. The van der Waals surface area contributed by atoms with E-state index >= 15 is 0 Å². The molecule has 32 saturated heterocycles. The standard InChI is InChI=1S/C58H95N3O41S/c62-5-15-42-26(60-24(70)4-2-1-3-23-25-14(13-103-23)59-58(86)61-25)27(71)50(87-15)96-43-16(6-63)89-52(36(80)29(43)73)98-45-18(8-65)91-54(38(82)31(45)75)100-47-20(10-67)93-56(40(84)33(47)77)102-49-22(12-69)94-57(41(85)34(49)78)101-48-21(11-68)92-55(39(83)32(48)76)99-46-19(9-66)90-53(37(81)30(46)74)97-44-17(7-64)88-51(95-42)35(79)28(44)72/h14-23,25-57,62-69,71-85H,1-13H2,(H,60,70)(H2,59,61,86)/t14-,15+,16+,17+,18+,19+,20+,21+,22+,23?,25-,26+,27?,28+,29+,30+,31+,32+,33+,34+,35?,36?,37+,38+,39+,40+,41+,42+,43+,44+,45+,46+,47+,48+,49+,50+,51+,52+,53+,54+,55+,56+,57+/m0/s1. The van der Waals surface area contributed by atoms with Crippen LogP contribution in [0.25, 0.3) is 0 Å². The van der Waals surface area contributed by atoms with Gasteiger partial charge in [0.25, 0.3) is 0 Å². The lowest BCUT2D eigenvalue weighted by Gasteiger charge is -2.51. The molecule has 0 aromatic rings.